The van der Waals surface area contributed by atoms with Gasteiger partial charge in [0.05, 0.1) is 0 Å². The van der Waals surface area contributed by atoms with Gasteiger partial charge in [-0.2, -0.15) is 0 Å². The van der Waals surface area contributed by atoms with Crippen molar-refractivity contribution >= 4 is 7.85 Å². The third-order valence-electron chi connectivity index (χ3n) is 2.46. The Bertz CT molecular complexity index is 298. The average Bonchev–Trinajstić information content (AvgIpc) is 2.07. The van der Waals surface area contributed by atoms with Crippen molar-refractivity contribution in [1.29, 1.82) is 0 Å². The third-order valence-corrected chi connectivity index (χ3v) is 2.46. The molecule has 0 aliphatic rings. The van der Waals surface area contributed by atoms with Gasteiger partial charge in [0.25, 0.3) is 0 Å². The van der Waals surface area contributed by atoms with Crippen molar-refractivity contribution in [2.45, 2.75) is 39.4 Å². The second kappa shape index (κ2) is 5.93. The van der Waals surface area contributed by atoms with Crippen molar-refractivity contribution in [1.82, 2.24) is 0 Å². The molecule has 0 aliphatic carbocycles. The first-order valence-corrected chi connectivity index (χ1v) is 5.85. The quantitative estimate of drug-likeness (QED) is 0.479. The molecule has 0 aromatic heterocycles. The van der Waals surface area contributed by atoms with E-state index >= 15 is 0 Å². The molecule has 0 fully saturated rings. The smallest absolute Gasteiger partial charge is 0.0991 e. The van der Waals surface area contributed by atoms with Crippen LogP contribution in [0.2, 0.25) is 5.31 Å². The van der Waals surface area contributed by atoms with Crippen molar-refractivity contribution in [2.24, 2.45) is 5.41 Å². The van der Waals surface area contributed by atoms with Gasteiger partial charge < -0.3 is 0 Å². The van der Waals surface area contributed by atoms with Gasteiger partial charge in [-0.3, -0.25) is 0 Å². The summed E-state index contributed by atoms with van der Waals surface area (Å²) in [4.78, 5) is 0. The molecule has 0 amide bonds. The lowest BCUT2D eigenvalue weighted by Gasteiger charge is -2.33. The molecule has 0 nitrogen and oxygen atoms in total. The molecule has 0 aliphatic heterocycles. The summed E-state index contributed by atoms with van der Waals surface area (Å²) in [6.07, 6.45) is 11.0. The maximum absolute atomic E-state index is 3.78. The van der Waals surface area contributed by atoms with Crippen LogP contribution in [-0.2, 0) is 0 Å². The summed E-state index contributed by atoms with van der Waals surface area (Å²) in [6, 6.07) is 0. The summed E-state index contributed by atoms with van der Waals surface area (Å²) in [6.45, 7) is 16.6. The Morgan fingerprint density at radius 3 is 2.06 bits per heavy atom. The molecule has 0 saturated heterocycles. The zero-order valence-electron chi connectivity index (χ0n) is 11.5. The number of rotatable bonds is 5. The van der Waals surface area contributed by atoms with Crippen LogP contribution in [0.25, 0.3) is 0 Å². The zero-order valence-corrected chi connectivity index (χ0v) is 11.5. The molecule has 0 heterocycles. The fourth-order valence-corrected chi connectivity index (χ4v) is 2.23. The number of hydrogen-bond acceptors (Lipinski definition) is 0. The van der Waals surface area contributed by atoms with Gasteiger partial charge in [0.1, 0.15) is 7.85 Å². The predicted molar refractivity (Wildman–Crippen MR) is 78.6 cm³/mol. The van der Waals surface area contributed by atoms with Crippen LogP contribution >= 0.6 is 0 Å². The second-order valence-electron chi connectivity index (χ2n) is 6.07. The Labute approximate surface area is 102 Å². The van der Waals surface area contributed by atoms with Gasteiger partial charge in [-0.1, -0.05) is 76.8 Å². The van der Waals surface area contributed by atoms with Crippen LogP contribution in [0, 0.1) is 5.41 Å². The van der Waals surface area contributed by atoms with Crippen LogP contribution in [0.4, 0.5) is 0 Å². The van der Waals surface area contributed by atoms with Gasteiger partial charge in [0.15, 0.2) is 0 Å². The first-order valence-electron chi connectivity index (χ1n) is 5.85. The highest BCUT2D eigenvalue weighted by atomic mass is 14.3. The lowest BCUT2D eigenvalue weighted by molar-refractivity contribution is 0.341. The van der Waals surface area contributed by atoms with Crippen molar-refractivity contribution in [3.05, 3.63) is 49.1 Å². The minimum atomic E-state index is 0.159. The van der Waals surface area contributed by atoms with Crippen LogP contribution in [0.15, 0.2) is 49.1 Å². The highest BCUT2D eigenvalue weighted by Gasteiger charge is 2.27. The van der Waals surface area contributed by atoms with Crippen molar-refractivity contribution in [3.8, 4) is 0 Å². The first-order chi connectivity index (χ1) is 7.23. The van der Waals surface area contributed by atoms with E-state index in [0.29, 0.717) is 5.41 Å². The molecular weight excluding hydrogens is 191 g/mol. The molecule has 0 N–H and O–H groups in total. The second-order valence-corrected chi connectivity index (χ2v) is 6.07. The van der Waals surface area contributed by atoms with Gasteiger partial charge in [-0.15, -0.1) is 0 Å². The van der Waals surface area contributed by atoms with E-state index in [2.05, 4.69) is 60.9 Å². The van der Waals surface area contributed by atoms with Gasteiger partial charge >= 0.3 is 0 Å². The van der Waals surface area contributed by atoms with Gasteiger partial charge in [-0.25, -0.2) is 0 Å². The van der Waals surface area contributed by atoms with Crippen LogP contribution in [0.1, 0.15) is 34.1 Å². The molecule has 0 aromatic rings. The first kappa shape index (κ1) is 15.0. The maximum atomic E-state index is 3.78. The Morgan fingerprint density at radius 1 is 1.12 bits per heavy atom. The molecule has 88 valence electrons. The third kappa shape index (κ3) is 5.80. The molecule has 0 spiro atoms. The zero-order chi connectivity index (χ0) is 12.8. The average molecular weight is 216 g/mol. The van der Waals surface area contributed by atoms with E-state index in [-0.39, 0.29) is 5.31 Å². The molecule has 0 radical (unpaired) electrons. The van der Waals surface area contributed by atoms with E-state index < -0.39 is 0 Å². The Morgan fingerprint density at radius 2 is 1.69 bits per heavy atom. The number of hydrogen-bond donors (Lipinski definition) is 0. The summed E-state index contributed by atoms with van der Waals surface area (Å²) >= 11 is 0. The number of allylic oxidation sites excluding steroid dienone is 6. The fourth-order valence-electron chi connectivity index (χ4n) is 2.23. The molecule has 1 heteroatoms. The van der Waals surface area contributed by atoms with Gasteiger partial charge in [0.2, 0.25) is 0 Å². The van der Waals surface area contributed by atoms with Crippen molar-refractivity contribution in [2.75, 3.05) is 0 Å². The van der Waals surface area contributed by atoms with Crippen LogP contribution < -0.4 is 0 Å². The lowest BCUT2D eigenvalue weighted by Crippen LogP contribution is -2.19. The van der Waals surface area contributed by atoms with Crippen LogP contribution in [0.5, 0.6) is 0 Å². The van der Waals surface area contributed by atoms with Gasteiger partial charge in [0, 0.05) is 0 Å². The predicted octanol–water partition coefficient (Wildman–Crippen LogP) is 4.09. The van der Waals surface area contributed by atoms with E-state index in [9.17, 15) is 0 Å². The Hall–Kier alpha value is -0.975. The summed E-state index contributed by atoms with van der Waals surface area (Å²) in [7, 11) is 2.28. The normalized spacial score (nSPS) is 17.1. The minimum Gasteiger partial charge on any atom is -0.0991 e. The van der Waals surface area contributed by atoms with Crippen LogP contribution in [0.3, 0.4) is 0 Å². The molecule has 16 heavy (non-hydrogen) atoms. The van der Waals surface area contributed by atoms with Crippen LogP contribution in [-0.4, -0.2) is 7.85 Å². The lowest BCUT2D eigenvalue weighted by atomic mass is 9.58. The molecule has 0 aromatic carbocycles. The summed E-state index contributed by atoms with van der Waals surface area (Å²) in [5.41, 5.74) is 1.63. The van der Waals surface area contributed by atoms with E-state index in [1.165, 1.54) is 5.57 Å². The fraction of sp³-hybridized carbons (Fsp3) is 0.467. The molecule has 0 rings (SSSR count). The molecule has 0 bridgehead atoms. The topological polar surface area (TPSA) is 0 Å². The maximum Gasteiger partial charge on any atom is 0.114 e. The Kier molecular flexibility index (Phi) is 5.57. The largest absolute Gasteiger partial charge is 0.114 e. The van der Waals surface area contributed by atoms with Gasteiger partial charge in [-0.05, 0) is 17.2 Å². The highest BCUT2D eigenvalue weighted by molar-refractivity contribution is 6.17. The molecule has 1 unspecified atom stereocenters. The molecule has 0 saturated carbocycles. The summed E-state index contributed by atoms with van der Waals surface area (Å²) in [5, 5.41) is 0.159. The SMILES string of the molecule is BC(C)(CC(C)(C)C)C(/C=C\C=C)=C/C=C. The van der Waals surface area contributed by atoms with Crippen molar-refractivity contribution < 1.29 is 0 Å². The highest BCUT2D eigenvalue weighted by Crippen LogP contribution is 2.43. The Balaban J connectivity index is 5.04. The molecule has 1 atom stereocenters. The summed E-state index contributed by atoms with van der Waals surface area (Å²) < 4.78 is 0. The standard InChI is InChI=1S/C15H25B/c1-7-9-11-13(10-8-2)15(6,16)12-14(3,4)5/h7-11H,1-2,12,16H2,3-6H3/b11-9-,13-10+. The molecular formula is C15H25B. The summed E-state index contributed by atoms with van der Waals surface area (Å²) in [5.74, 6) is 0. The van der Waals surface area contributed by atoms with Crippen molar-refractivity contribution in [3.63, 3.8) is 0 Å². The van der Waals surface area contributed by atoms with E-state index in [1.807, 2.05) is 18.2 Å². The monoisotopic (exact) mass is 216 g/mol. The van der Waals surface area contributed by atoms with E-state index in [1.54, 1.807) is 0 Å². The van der Waals surface area contributed by atoms with E-state index in [0.717, 1.165) is 6.42 Å². The minimum absolute atomic E-state index is 0.159. The van der Waals surface area contributed by atoms with E-state index in [4.69, 9.17) is 0 Å².